The summed E-state index contributed by atoms with van der Waals surface area (Å²) in [5.74, 6) is -0.586. The zero-order chi connectivity index (χ0) is 69.3. The minimum absolute atomic E-state index is 0.107. The fourth-order valence-electron chi connectivity index (χ4n) is 11.5. The molecule has 3 N–H and O–H groups in total. The molecular formula is C75H146O17P2. The molecule has 0 aromatic rings. The molecule has 19 heteroatoms. The number of hydrogen-bond acceptors (Lipinski definition) is 15. The van der Waals surface area contributed by atoms with E-state index < -0.39 is 97.5 Å². The van der Waals surface area contributed by atoms with Gasteiger partial charge in [0, 0.05) is 25.7 Å². The summed E-state index contributed by atoms with van der Waals surface area (Å²) in [6.07, 6.45) is 54.0. The van der Waals surface area contributed by atoms with Crippen LogP contribution in [-0.4, -0.2) is 96.7 Å². The molecule has 0 aromatic heterocycles. The van der Waals surface area contributed by atoms with E-state index in [9.17, 15) is 43.2 Å². The van der Waals surface area contributed by atoms with Gasteiger partial charge >= 0.3 is 39.5 Å². The number of esters is 4. The van der Waals surface area contributed by atoms with E-state index in [1.54, 1.807) is 0 Å². The predicted octanol–water partition coefficient (Wildman–Crippen LogP) is 21.9. The Kier molecular flexibility index (Phi) is 65.5. The SMILES string of the molecule is CCCCCCCCCCCCCCCC(=O)OC[C@H](COP(=O)(O)OC[C@@H](O)COP(=O)(O)OC[C@@H](COC(=O)CCCCCCCCCCC(C)C)OC(=O)CCCCCCCCCCCCCC)OC(=O)CCCCCCCCCCCCCCCCCC(C)C. The Morgan fingerprint density at radius 3 is 0.723 bits per heavy atom. The van der Waals surface area contributed by atoms with Crippen LogP contribution in [0, 0.1) is 11.8 Å². The molecule has 0 saturated heterocycles. The standard InChI is InChI=1S/C75H146O17P2/c1-7-9-11-13-15-17-19-24-29-32-39-45-51-57-72(77)85-63-70(91-75(80)60-54-48-42-34-30-26-23-21-22-25-27-31-37-43-49-55-67(3)4)65-89-93(81,82)87-61-69(76)62-88-94(83,84)90-66-71(64-86-73(78)58-52-46-40-36-35-38-44-50-56-68(5)6)92-74(79)59-53-47-41-33-28-20-18-16-14-12-10-8-2/h67-71,76H,7-66H2,1-6H3,(H,81,82)(H,83,84)/t69-,70-,71-/m1/s1. The highest BCUT2D eigenvalue weighted by molar-refractivity contribution is 7.47. The Morgan fingerprint density at radius 1 is 0.287 bits per heavy atom. The van der Waals surface area contributed by atoms with E-state index in [4.69, 9.17) is 37.0 Å². The quantitative estimate of drug-likeness (QED) is 0.0222. The molecule has 0 fully saturated rings. The summed E-state index contributed by atoms with van der Waals surface area (Å²) in [6.45, 7) is 9.58. The molecule has 2 unspecified atom stereocenters. The number of phosphoric acid groups is 2. The normalized spacial score (nSPS) is 14.0. The second kappa shape index (κ2) is 66.9. The molecule has 0 amide bonds. The van der Waals surface area contributed by atoms with Crippen molar-refractivity contribution in [2.75, 3.05) is 39.6 Å². The van der Waals surface area contributed by atoms with Crippen LogP contribution < -0.4 is 0 Å². The van der Waals surface area contributed by atoms with Crippen molar-refractivity contribution in [2.45, 2.75) is 407 Å². The van der Waals surface area contributed by atoms with E-state index in [1.165, 1.54) is 205 Å². The molecule has 0 bridgehead atoms. The van der Waals surface area contributed by atoms with Crippen LogP contribution in [0.2, 0.25) is 0 Å². The van der Waals surface area contributed by atoms with Crippen molar-refractivity contribution in [2.24, 2.45) is 11.8 Å². The van der Waals surface area contributed by atoms with Gasteiger partial charge in [-0.1, -0.05) is 337 Å². The Labute approximate surface area is 575 Å². The Morgan fingerprint density at radius 2 is 0.489 bits per heavy atom. The third kappa shape index (κ3) is 68.6. The van der Waals surface area contributed by atoms with Gasteiger partial charge in [0.2, 0.25) is 0 Å². The summed E-state index contributed by atoms with van der Waals surface area (Å²) in [6, 6.07) is 0. The Bertz CT molecular complexity index is 1820. The van der Waals surface area contributed by atoms with Gasteiger partial charge in [-0.25, -0.2) is 9.13 Å². The number of aliphatic hydroxyl groups is 1. The van der Waals surface area contributed by atoms with Crippen LogP contribution in [0.1, 0.15) is 388 Å². The molecule has 0 aliphatic heterocycles. The van der Waals surface area contributed by atoms with Crippen LogP contribution in [0.25, 0.3) is 0 Å². The minimum atomic E-state index is -4.96. The van der Waals surface area contributed by atoms with Crippen molar-refractivity contribution in [3.8, 4) is 0 Å². The molecule has 0 rings (SSSR count). The second-order valence-corrected chi connectivity index (χ2v) is 30.9. The molecule has 0 saturated carbocycles. The van der Waals surface area contributed by atoms with E-state index in [2.05, 4.69) is 41.5 Å². The summed E-state index contributed by atoms with van der Waals surface area (Å²) in [5.41, 5.74) is 0. The highest BCUT2D eigenvalue weighted by Crippen LogP contribution is 2.45. The van der Waals surface area contributed by atoms with Gasteiger partial charge in [0.15, 0.2) is 12.2 Å². The highest BCUT2D eigenvalue weighted by Gasteiger charge is 2.30. The molecule has 0 aliphatic carbocycles. The average Bonchev–Trinajstić information content (AvgIpc) is 1.45. The molecule has 0 aliphatic rings. The highest BCUT2D eigenvalue weighted by atomic mass is 31.2. The van der Waals surface area contributed by atoms with Crippen molar-refractivity contribution >= 4 is 39.5 Å². The van der Waals surface area contributed by atoms with E-state index >= 15 is 0 Å². The first kappa shape index (κ1) is 92.1. The lowest BCUT2D eigenvalue weighted by Crippen LogP contribution is -2.30. The summed E-state index contributed by atoms with van der Waals surface area (Å²) in [7, 11) is -9.91. The fourth-order valence-corrected chi connectivity index (χ4v) is 13.1. The molecule has 0 spiro atoms. The van der Waals surface area contributed by atoms with Crippen LogP contribution in [0.15, 0.2) is 0 Å². The van der Waals surface area contributed by atoms with Gasteiger partial charge in [0.1, 0.15) is 19.3 Å². The maximum absolute atomic E-state index is 13.1. The topological polar surface area (TPSA) is 237 Å². The van der Waals surface area contributed by atoms with Crippen molar-refractivity contribution in [3.63, 3.8) is 0 Å². The number of aliphatic hydroxyl groups excluding tert-OH is 1. The van der Waals surface area contributed by atoms with Crippen LogP contribution in [0.5, 0.6) is 0 Å². The van der Waals surface area contributed by atoms with Gasteiger partial charge in [-0.05, 0) is 37.5 Å². The van der Waals surface area contributed by atoms with Crippen LogP contribution in [0.3, 0.4) is 0 Å². The smallest absolute Gasteiger partial charge is 0.462 e. The lowest BCUT2D eigenvalue weighted by molar-refractivity contribution is -0.161. The molecule has 0 radical (unpaired) electrons. The summed E-state index contributed by atoms with van der Waals surface area (Å²) in [5, 5.41) is 10.6. The van der Waals surface area contributed by atoms with E-state index in [1.807, 2.05) is 0 Å². The lowest BCUT2D eigenvalue weighted by atomic mass is 10.0. The number of carbonyl (C=O) groups is 4. The van der Waals surface area contributed by atoms with E-state index in [0.717, 1.165) is 102 Å². The van der Waals surface area contributed by atoms with Gasteiger partial charge in [-0.15, -0.1) is 0 Å². The fraction of sp³-hybridized carbons (Fsp3) is 0.947. The molecular weight excluding hydrogens is 1230 g/mol. The summed E-state index contributed by atoms with van der Waals surface area (Å²) < 4.78 is 68.5. The van der Waals surface area contributed by atoms with Gasteiger partial charge in [0.05, 0.1) is 26.4 Å². The van der Waals surface area contributed by atoms with Gasteiger partial charge in [0.25, 0.3) is 0 Å². The minimum Gasteiger partial charge on any atom is -0.462 e. The average molecular weight is 1380 g/mol. The third-order valence-corrected chi connectivity index (χ3v) is 19.4. The van der Waals surface area contributed by atoms with Gasteiger partial charge < -0.3 is 33.8 Å². The first-order valence-electron chi connectivity index (χ1n) is 39.0. The zero-order valence-electron chi connectivity index (χ0n) is 61.3. The number of carbonyl (C=O) groups excluding carboxylic acids is 4. The number of hydrogen-bond donors (Lipinski definition) is 3. The summed E-state index contributed by atoms with van der Waals surface area (Å²) >= 11 is 0. The van der Waals surface area contributed by atoms with Crippen molar-refractivity contribution < 1.29 is 80.2 Å². The maximum atomic E-state index is 13.1. The van der Waals surface area contributed by atoms with Gasteiger partial charge in [-0.3, -0.25) is 37.3 Å². The number of rotatable bonds is 74. The van der Waals surface area contributed by atoms with Crippen LogP contribution >= 0.6 is 15.6 Å². The van der Waals surface area contributed by atoms with Crippen LogP contribution in [0.4, 0.5) is 0 Å². The Hall–Kier alpha value is -1.94. The predicted molar refractivity (Wildman–Crippen MR) is 381 cm³/mol. The first-order chi connectivity index (χ1) is 45.4. The molecule has 5 atom stereocenters. The van der Waals surface area contributed by atoms with Crippen molar-refractivity contribution in [1.82, 2.24) is 0 Å². The number of phosphoric ester groups is 2. The molecule has 94 heavy (non-hydrogen) atoms. The van der Waals surface area contributed by atoms with Crippen molar-refractivity contribution in [3.05, 3.63) is 0 Å². The molecule has 0 aromatic carbocycles. The first-order valence-corrected chi connectivity index (χ1v) is 42.0. The lowest BCUT2D eigenvalue weighted by Gasteiger charge is -2.21. The number of ether oxygens (including phenoxy) is 4. The third-order valence-electron chi connectivity index (χ3n) is 17.5. The van der Waals surface area contributed by atoms with Gasteiger partial charge in [-0.2, -0.15) is 0 Å². The monoisotopic (exact) mass is 1380 g/mol. The largest absolute Gasteiger partial charge is 0.472 e. The van der Waals surface area contributed by atoms with Crippen LogP contribution in [-0.2, 0) is 65.4 Å². The second-order valence-electron chi connectivity index (χ2n) is 28.0. The van der Waals surface area contributed by atoms with E-state index in [0.29, 0.717) is 25.7 Å². The zero-order valence-corrected chi connectivity index (χ0v) is 63.1. The molecule has 558 valence electrons. The Balaban J connectivity index is 5.24. The molecule has 0 heterocycles. The molecule has 17 nitrogen and oxygen atoms in total. The van der Waals surface area contributed by atoms with Crippen molar-refractivity contribution in [1.29, 1.82) is 0 Å². The number of unbranched alkanes of at least 4 members (excludes halogenated alkanes) is 44. The summed E-state index contributed by atoms with van der Waals surface area (Å²) in [4.78, 5) is 72.8. The maximum Gasteiger partial charge on any atom is 0.472 e. The van der Waals surface area contributed by atoms with E-state index in [-0.39, 0.29) is 25.7 Å².